The van der Waals surface area contributed by atoms with Gasteiger partial charge in [0.25, 0.3) is 5.91 Å². The van der Waals surface area contributed by atoms with E-state index in [0.29, 0.717) is 34.0 Å². The third kappa shape index (κ3) is 5.14. The molecule has 1 N–H and O–H groups in total. The number of nitrogens with zero attached hydrogens (tertiary/aromatic N) is 3. The summed E-state index contributed by atoms with van der Waals surface area (Å²) in [6.45, 7) is 2.05. The van der Waals surface area contributed by atoms with Gasteiger partial charge in [-0.15, -0.1) is 0 Å². The third-order valence-corrected chi connectivity index (χ3v) is 5.06. The lowest BCUT2D eigenvalue weighted by molar-refractivity contribution is -0.112. The highest BCUT2D eigenvalue weighted by atomic mass is 32.2. The van der Waals surface area contributed by atoms with Crippen molar-refractivity contribution in [3.05, 3.63) is 53.3 Å². The number of nitrogens with one attached hydrogen (secondary N) is 1. The second kappa shape index (κ2) is 9.87. The highest BCUT2D eigenvalue weighted by molar-refractivity contribution is 7.98. The highest BCUT2D eigenvalue weighted by Crippen LogP contribution is 2.24. The van der Waals surface area contributed by atoms with Gasteiger partial charge in [0.15, 0.2) is 0 Å². The number of furan rings is 1. The number of carbonyl (C=O) groups is 2. The highest BCUT2D eigenvalue weighted by Gasteiger charge is 2.14. The maximum Gasteiger partial charge on any atom is 0.338 e. The maximum atomic E-state index is 12.3. The number of benzene rings is 1. The van der Waals surface area contributed by atoms with Crippen LogP contribution in [0, 0.1) is 11.3 Å². The molecular formula is C20H16N4O4S2. The second-order valence-electron chi connectivity index (χ2n) is 5.71. The van der Waals surface area contributed by atoms with Crippen LogP contribution in [0.25, 0.3) is 17.4 Å². The van der Waals surface area contributed by atoms with Gasteiger partial charge in [0, 0.05) is 23.2 Å². The second-order valence-corrected chi connectivity index (χ2v) is 7.24. The van der Waals surface area contributed by atoms with E-state index in [2.05, 4.69) is 14.7 Å². The molecule has 0 atom stereocenters. The summed E-state index contributed by atoms with van der Waals surface area (Å²) in [6, 6.07) is 12.0. The van der Waals surface area contributed by atoms with Gasteiger partial charge < -0.3 is 9.15 Å². The van der Waals surface area contributed by atoms with Crippen molar-refractivity contribution in [3.63, 3.8) is 0 Å². The summed E-state index contributed by atoms with van der Waals surface area (Å²) in [5.41, 5.74) is 1.05. The molecule has 2 aromatic heterocycles. The fourth-order valence-corrected chi connectivity index (χ4v) is 3.49. The minimum Gasteiger partial charge on any atom is -0.462 e. The van der Waals surface area contributed by atoms with Gasteiger partial charge in [-0.3, -0.25) is 10.1 Å². The standard InChI is InChI=1S/C20H16N4O4S2/c1-3-27-18(26)13-6-4-12(5-7-13)16-9-8-15(28-16)10-14(11-21)17(25)22-19-23-20(29-2)24-30-19/h4-10H,3H2,1-2H3,(H,22,23,24,25)/b14-10-. The third-order valence-electron chi connectivity index (χ3n) is 3.77. The molecule has 10 heteroatoms. The van der Waals surface area contributed by atoms with Crippen molar-refractivity contribution in [3.8, 4) is 17.4 Å². The molecule has 1 amide bonds. The molecule has 152 valence electrons. The molecule has 0 radical (unpaired) electrons. The largest absolute Gasteiger partial charge is 0.462 e. The fraction of sp³-hybridized carbons (Fsp3) is 0.150. The summed E-state index contributed by atoms with van der Waals surface area (Å²) < 4.78 is 14.7. The lowest BCUT2D eigenvalue weighted by Crippen LogP contribution is -2.13. The van der Waals surface area contributed by atoms with Gasteiger partial charge >= 0.3 is 5.97 Å². The van der Waals surface area contributed by atoms with Crippen LogP contribution >= 0.6 is 23.3 Å². The molecule has 0 saturated heterocycles. The number of hydrogen-bond acceptors (Lipinski definition) is 9. The molecule has 0 saturated carbocycles. The van der Waals surface area contributed by atoms with Crippen molar-refractivity contribution in [1.29, 1.82) is 5.26 Å². The Kier molecular flexibility index (Phi) is 7.00. The van der Waals surface area contributed by atoms with Crippen molar-refractivity contribution >= 4 is 46.4 Å². The molecule has 30 heavy (non-hydrogen) atoms. The first-order valence-electron chi connectivity index (χ1n) is 8.72. The molecule has 0 spiro atoms. The van der Waals surface area contributed by atoms with Crippen LogP contribution in [-0.4, -0.2) is 34.1 Å². The summed E-state index contributed by atoms with van der Waals surface area (Å²) in [5.74, 6) is -0.119. The van der Waals surface area contributed by atoms with Gasteiger partial charge in [0.1, 0.15) is 23.2 Å². The molecule has 1 aromatic carbocycles. The Hall–Kier alpha value is -3.42. The molecule has 0 aliphatic carbocycles. The molecule has 0 fully saturated rings. The van der Waals surface area contributed by atoms with Crippen LogP contribution in [0.5, 0.6) is 0 Å². The molecule has 2 heterocycles. The molecule has 3 aromatic rings. The number of esters is 1. The summed E-state index contributed by atoms with van der Waals surface area (Å²) in [5, 5.41) is 12.7. The van der Waals surface area contributed by atoms with Gasteiger partial charge in [-0.1, -0.05) is 23.9 Å². The Morgan fingerprint density at radius 3 is 2.70 bits per heavy atom. The van der Waals surface area contributed by atoms with Crippen LogP contribution < -0.4 is 5.32 Å². The monoisotopic (exact) mass is 440 g/mol. The lowest BCUT2D eigenvalue weighted by Gasteiger charge is -2.02. The SMILES string of the molecule is CCOC(=O)c1ccc(-c2ccc(/C=C(/C#N)C(=O)Nc3nc(SC)ns3)o2)cc1. The van der Waals surface area contributed by atoms with Crippen molar-refractivity contribution in [2.75, 3.05) is 18.2 Å². The van der Waals surface area contributed by atoms with Gasteiger partial charge in [-0.05, 0) is 37.4 Å². The van der Waals surface area contributed by atoms with Crippen LogP contribution in [0.4, 0.5) is 5.13 Å². The van der Waals surface area contributed by atoms with Crippen molar-refractivity contribution < 1.29 is 18.7 Å². The summed E-state index contributed by atoms with van der Waals surface area (Å²) in [6.07, 6.45) is 3.18. The number of amides is 1. The van der Waals surface area contributed by atoms with Gasteiger partial charge in [0.2, 0.25) is 10.3 Å². The van der Waals surface area contributed by atoms with Crippen molar-refractivity contribution in [2.45, 2.75) is 12.1 Å². The number of aromatic nitrogens is 2. The van der Waals surface area contributed by atoms with Gasteiger partial charge in [-0.25, -0.2) is 4.79 Å². The zero-order valence-corrected chi connectivity index (χ0v) is 17.7. The van der Waals surface area contributed by atoms with E-state index in [1.165, 1.54) is 17.8 Å². The summed E-state index contributed by atoms with van der Waals surface area (Å²) in [4.78, 5) is 28.2. The number of carbonyl (C=O) groups excluding carboxylic acids is 2. The lowest BCUT2D eigenvalue weighted by atomic mass is 10.1. The minimum absolute atomic E-state index is 0.130. The normalized spacial score (nSPS) is 11.0. The van der Waals surface area contributed by atoms with Crippen LogP contribution in [-0.2, 0) is 9.53 Å². The topological polar surface area (TPSA) is 118 Å². The van der Waals surface area contributed by atoms with Crippen molar-refractivity contribution in [2.24, 2.45) is 0 Å². The number of ether oxygens (including phenoxy) is 1. The van der Waals surface area contributed by atoms with E-state index in [-0.39, 0.29) is 5.57 Å². The Morgan fingerprint density at radius 1 is 1.30 bits per heavy atom. The molecule has 0 bridgehead atoms. The van der Waals surface area contributed by atoms with Crippen LogP contribution in [0.2, 0.25) is 0 Å². The number of rotatable bonds is 7. The first kappa shape index (κ1) is 21.3. The van der Waals surface area contributed by atoms with E-state index in [4.69, 9.17) is 9.15 Å². The number of thioether (sulfide) groups is 1. The fourth-order valence-electron chi connectivity index (χ4n) is 2.37. The Balaban J connectivity index is 1.73. The Bertz CT molecular complexity index is 1130. The smallest absolute Gasteiger partial charge is 0.338 e. The van der Waals surface area contributed by atoms with Crippen LogP contribution in [0.15, 0.2) is 51.5 Å². The Labute approximate surface area is 180 Å². The van der Waals surface area contributed by atoms with E-state index < -0.39 is 11.9 Å². The Morgan fingerprint density at radius 2 is 2.07 bits per heavy atom. The first-order chi connectivity index (χ1) is 14.5. The first-order valence-corrected chi connectivity index (χ1v) is 10.7. The van der Waals surface area contributed by atoms with Gasteiger partial charge in [0.05, 0.1) is 12.2 Å². The summed E-state index contributed by atoms with van der Waals surface area (Å²) in [7, 11) is 0. The van der Waals surface area contributed by atoms with E-state index in [0.717, 1.165) is 17.1 Å². The average Bonchev–Trinajstić information content (AvgIpc) is 3.41. The zero-order chi connectivity index (χ0) is 21.5. The zero-order valence-electron chi connectivity index (χ0n) is 16.0. The average molecular weight is 441 g/mol. The molecule has 8 nitrogen and oxygen atoms in total. The minimum atomic E-state index is -0.599. The van der Waals surface area contributed by atoms with E-state index in [1.807, 2.05) is 12.3 Å². The molecular weight excluding hydrogens is 424 g/mol. The quantitative estimate of drug-likeness (QED) is 0.251. The predicted octanol–water partition coefficient (Wildman–Crippen LogP) is 4.24. The number of nitriles is 1. The molecule has 0 unspecified atom stereocenters. The predicted molar refractivity (Wildman–Crippen MR) is 114 cm³/mol. The molecule has 3 rings (SSSR count). The number of hydrogen-bond donors (Lipinski definition) is 1. The van der Waals surface area contributed by atoms with Crippen LogP contribution in [0.3, 0.4) is 0 Å². The van der Waals surface area contributed by atoms with Gasteiger partial charge in [-0.2, -0.15) is 14.6 Å². The number of anilines is 1. The molecule has 0 aliphatic rings. The van der Waals surface area contributed by atoms with Crippen molar-refractivity contribution in [1.82, 2.24) is 9.36 Å². The van der Waals surface area contributed by atoms with E-state index in [9.17, 15) is 14.9 Å². The summed E-state index contributed by atoms with van der Waals surface area (Å²) >= 11 is 2.39. The van der Waals surface area contributed by atoms with Crippen LogP contribution in [0.1, 0.15) is 23.0 Å². The molecule has 0 aliphatic heterocycles. The van der Waals surface area contributed by atoms with E-state index in [1.54, 1.807) is 43.3 Å². The maximum absolute atomic E-state index is 12.3. The van der Waals surface area contributed by atoms with E-state index >= 15 is 0 Å².